The molecule has 2 aromatic rings. The van der Waals surface area contributed by atoms with Gasteiger partial charge in [0.05, 0.1) is 17.4 Å². The molecule has 1 aliphatic rings. The third kappa shape index (κ3) is 2.15. The van der Waals surface area contributed by atoms with Gasteiger partial charge in [-0.25, -0.2) is 18.2 Å². The lowest BCUT2D eigenvalue weighted by Crippen LogP contribution is -2.07. The van der Waals surface area contributed by atoms with Crippen LogP contribution in [0, 0.1) is 17.5 Å². The van der Waals surface area contributed by atoms with E-state index in [1.807, 2.05) is 0 Å². The Morgan fingerprint density at radius 3 is 2.53 bits per heavy atom. The van der Waals surface area contributed by atoms with Crippen molar-refractivity contribution in [2.45, 2.75) is 25.4 Å². The molecule has 1 N–H and O–H groups in total. The van der Waals surface area contributed by atoms with Gasteiger partial charge in [0.15, 0.2) is 0 Å². The normalized spacial score (nSPS) is 18.4. The summed E-state index contributed by atoms with van der Waals surface area (Å²) in [7, 11) is 0. The van der Waals surface area contributed by atoms with Gasteiger partial charge in [-0.05, 0) is 19.3 Å². The van der Waals surface area contributed by atoms with Gasteiger partial charge in [-0.3, -0.25) is 0 Å². The Bertz CT molecular complexity index is 618. The predicted octanol–water partition coefficient (Wildman–Crippen LogP) is 3.60. The Balaban J connectivity index is 2.13. The van der Waals surface area contributed by atoms with E-state index >= 15 is 0 Å². The summed E-state index contributed by atoms with van der Waals surface area (Å²) in [6, 6.07) is 1.27. The van der Waals surface area contributed by atoms with Crippen molar-refractivity contribution in [3.63, 3.8) is 0 Å². The van der Waals surface area contributed by atoms with Crippen molar-refractivity contribution >= 4 is 11.3 Å². The molecule has 1 aliphatic carbocycles. The molecule has 2 nitrogen and oxygen atoms in total. The van der Waals surface area contributed by atoms with Crippen LogP contribution in [0.3, 0.4) is 0 Å². The molecule has 0 radical (unpaired) electrons. The van der Waals surface area contributed by atoms with E-state index in [1.54, 1.807) is 0 Å². The number of aryl methyl sites for hydroxylation is 1. The summed E-state index contributed by atoms with van der Waals surface area (Å²) in [4.78, 5) is 4.96. The van der Waals surface area contributed by atoms with Gasteiger partial charge in [-0.15, -0.1) is 11.3 Å². The lowest BCUT2D eigenvalue weighted by Gasteiger charge is -2.14. The second-order valence-corrected chi connectivity index (χ2v) is 5.56. The number of halogens is 3. The molecule has 1 heterocycles. The van der Waals surface area contributed by atoms with Gasteiger partial charge in [0.1, 0.15) is 22.5 Å². The number of nitrogens with zero attached hydrogens (tertiary/aromatic N) is 1. The van der Waals surface area contributed by atoms with Gasteiger partial charge in [-0.1, -0.05) is 0 Å². The fraction of sp³-hybridized carbons (Fsp3) is 0.308. The van der Waals surface area contributed by atoms with Crippen LogP contribution in [0.4, 0.5) is 13.2 Å². The quantitative estimate of drug-likeness (QED) is 0.868. The highest BCUT2D eigenvalue weighted by molar-refractivity contribution is 7.15. The van der Waals surface area contributed by atoms with Gasteiger partial charge in [0.2, 0.25) is 0 Å². The Morgan fingerprint density at radius 1 is 1.21 bits per heavy atom. The number of fused-ring (bicyclic) bond motifs is 1. The monoisotopic (exact) mass is 285 g/mol. The molecule has 0 fully saturated rings. The predicted molar refractivity (Wildman–Crippen MR) is 65.3 cm³/mol. The van der Waals surface area contributed by atoms with Crippen LogP contribution in [-0.4, -0.2) is 10.1 Å². The molecule has 6 heteroatoms. The van der Waals surface area contributed by atoms with Crippen LogP contribution in [0.5, 0.6) is 0 Å². The highest BCUT2D eigenvalue weighted by Crippen LogP contribution is 2.38. The molecule has 1 aromatic heterocycles. The Labute approximate surface area is 111 Å². The summed E-state index contributed by atoms with van der Waals surface area (Å²) in [6.45, 7) is 0. The topological polar surface area (TPSA) is 33.1 Å². The zero-order valence-corrected chi connectivity index (χ0v) is 10.6. The first-order chi connectivity index (χ1) is 9.06. The van der Waals surface area contributed by atoms with Crippen molar-refractivity contribution in [3.8, 4) is 10.6 Å². The molecule has 3 rings (SSSR count). The fourth-order valence-electron chi connectivity index (χ4n) is 2.25. The molecule has 19 heavy (non-hydrogen) atoms. The Hall–Kier alpha value is -1.40. The van der Waals surface area contributed by atoms with Crippen LogP contribution in [-0.2, 0) is 6.42 Å². The molecule has 0 saturated heterocycles. The molecule has 0 amide bonds. The minimum Gasteiger partial charge on any atom is -0.387 e. The van der Waals surface area contributed by atoms with Crippen LogP contribution < -0.4 is 0 Å². The maximum Gasteiger partial charge on any atom is 0.139 e. The maximum absolute atomic E-state index is 13.7. The first-order valence-electron chi connectivity index (χ1n) is 5.89. The van der Waals surface area contributed by atoms with Gasteiger partial charge in [-0.2, -0.15) is 0 Å². The van der Waals surface area contributed by atoms with Crippen LogP contribution in [0.1, 0.15) is 29.5 Å². The standard InChI is InChI=1S/C13H10F3NOS/c14-6-4-7(15)11(8(16)5-6)13-17-12-9(18)2-1-3-10(12)19-13/h4-5,9,18H,1-3H2. The SMILES string of the molecule is OC1CCCc2sc(-c3c(F)cc(F)cc3F)nc21. The number of hydrogen-bond acceptors (Lipinski definition) is 3. The van der Waals surface area contributed by atoms with E-state index < -0.39 is 23.6 Å². The molecule has 0 bridgehead atoms. The van der Waals surface area contributed by atoms with Crippen molar-refractivity contribution < 1.29 is 18.3 Å². The van der Waals surface area contributed by atoms with Crippen LogP contribution in [0.15, 0.2) is 12.1 Å². The zero-order valence-electron chi connectivity index (χ0n) is 9.79. The summed E-state index contributed by atoms with van der Waals surface area (Å²) in [5, 5.41) is 9.95. The highest BCUT2D eigenvalue weighted by atomic mass is 32.1. The summed E-state index contributed by atoms with van der Waals surface area (Å²) >= 11 is 1.15. The molecule has 0 aliphatic heterocycles. The van der Waals surface area contributed by atoms with Crippen molar-refractivity contribution in [1.29, 1.82) is 0 Å². The average Bonchev–Trinajstić information content (AvgIpc) is 2.72. The van der Waals surface area contributed by atoms with E-state index in [0.717, 1.165) is 29.1 Å². The smallest absolute Gasteiger partial charge is 0.139 e. The number of aliphatic hydroxyl groups is 1. The largest absolute Gasteiger partial charge is 0.387 e. The number of benzene rings is 1. The third-order valence-corrected chi connectivity index (χ3v) is 4.29. The van der Waals surface area contributed by atoms with Crippen molar-refractivity contribution in [2.75, 3.05) is 0 Å². The van der Waals surface area contributed by atoms with E-state index in [4.69, 9.17) is 0 Å². The molecule has 1 aromatic carbocycles. The minimum atomic E-state index is -0.974. The van der Waals surface area contributed by atoms with E-state index in [2.05, 4.69) is 4.98 Å². The Morgan fingerprint density at radius 2 is 1.89 bits per heavy atom. The molecule has 0 saturated carbocycles. The van der Waals surface area contributed by atoms with Crippen LogP contribution >= 0.6 is 11.3 Å². The summed E-state index contributed by atoms with van der Waals surface area (Å²) in [6.07, 6.45) is 1.49. The summed E-state index contributed by atoms with van der Waals surface area (Å²) < 4.78 is 40.2. The molecule has 0 spiro atoms. The number of rotatable bonds is 1. The first-order valence-corrected chi connectivity index (χ1v) is 6.70. The maximum atomic E-state index is 13.7. The van der Waals surface area contributed by atoms with Crippen molar-refractivity contribution in [2.24, 2.45) is 0 Å². The lowest BCUT2D eigenvalue weighted by atomic mass is 10.0. The fourth-order valence-corrected chi connectivity index (χ4v) is 3.46. The third-order valence-electron chi connectivity index (χ3n) is 3.15. The second-order valence-electron chi connectivity index (χ2n) is 4.48. The lowest BCUT2D eigenvalue weighted by molar-refractivity contribution is 0.153. The summed E-state index contributed by atoms with van der Waals surface area (Å²) in [5.41, 5.74) is 0.169. The zero-order chi connectivity index (χ0) is 13.6. The number of thiazole rings is 1. The molecular formula is C13H10F3NOS. The molecular weight excluding hydrogens is 275 g/mol. The van der Waals surface area contributed by atoms with Crippen molar-refractivity contribution in [1.82, 2.24) is 4.98 Å². The van der Waals surface area contributed by atoms with E-state index in [0.29, 0.717) is 24.2 Å². The van der Waals surface area contributed by atoms with Gasteiger partial charge >= 0.3 is 0 Å². The number of aliphatic hydroxyl groups excluding tert-OH is 1. The van der Waals surface area contributed by atoms with E-state index in [9.17, 15) is 18.3 Å². The highest BCUT2D eigenvalue weighted by Gasteiger charge is 2.25. The minimum absolute atomic E-state index is 0.154. The average molecular weight is 285 g/mol. The Kier molecular flexibility index (Phi) is 3.06. The van der Waals surface area contributed by atoms with Crippen LogP contribution in [0.2, 0.25) is 0 Å². The summed E-state index contributed by atoms with van der Waals surface area (Å²) in [5.74, 6) is -2.91. The molecule has 1 unspecified atom stereocenters. The first kappa shape index (κ1) is 12.6. The van der Waals surface area contributed by atoms with E-state index in [-0.39, 0.29) is 10.6 Å². The molecule has 100 valence electrons. The number of hydrogen-bond donors (Lipinski definition) is 1. The number of aromatic nitrogens is 1. The van der Waals surface area contributed by atoms with Crippen LogP contribution in [0.25, 0.3) is 10.6 Å². The van der Waals surface area contributed by atoms with E-state index in [1.165, 1.54) is 0 Å². The van der Waals surface area contributed by atoms with Gasteiger partial charge in [0.25, 0.3) is 0 Å². The molecule has 1 atom stereocenters. The van der Waals surface area contributed by atoms with Gasteiger partial charge in [0, 0.05) is 17.0 Å². The van der Waals surface area contributed by atoms with Gasteiger partial charge < -0.3 is 5.11 Å². The second kappa shape index (κ2) is 4.61. The van der Waals surface area contributed by atoms with Crippen molar-refractivity contribution in [3.05, 3.63) is 40.2 Å².